The molecule has 0 radical (unpaired) electrons. The fraction of sp³-hybridized carbons (Fsp3) is 0.259. The summed E-state index contributed by atoms with van der Waals surface area (Å²) in [7, 11) is 0. The number of pyridine rings is 1. The molecule has 0 aliphatic carbocycles. The number of hydrogen-bond donors (Lipinski definition) is 1. The van der Waals surface area contributed by atoms with Gasteiger partial charge >= 0.3 is 0 Å². The smallest absolute Gasteiger partial charge is 0.230 e. The van der Waals surface area contributed by atoms with Gasteiger partial charge in [0.15, 0.2) is 0 Å². The molecule has 2 heterocycles. The van der Waals surface area contributed by atoms with Crippen LogP contribution in [-0.2, 0) is 11.2 Å². The minimum Gasteiger partial charge on any atom is -0.372 e. The van der Waals surface area contributed by atoms with Crippen molar-refractivity contribution in [1.82, 2.24) is 9.38 Å². The standard InChI is InChI=1S/C27H29FN4O/c1-5-31(6-2)22-11-9-21(10-12-22)29-26(33)16-24-27(20-8-13-23(28)19(4)15-20)30-25-14-7-18(3)17-32(24)25/h7-15,17H,5-6,16H2,1-4H3,(H,29,33). The van der Waals surface area contributed by atoms with Crippen molar-refractivity contribution in [2.24, 2.45) is 0 Å². The Balaban J connectivity index is 1.64. The molecule has 0 saturated heterocycles. The number of halogens is 1. The minimum atomic E-state index is -0.259. The van der Waals surface area contributed by atoms with E-state index in [0.29, 0.717) is 11.3 Å². The van der Waals surface area contributed by atoms with Crippen molar-refractivity contribution in [3.05, 3.63) is 83.4 Å². The van der Waals surface area contributed by atoms with Gasteiger partial charge in [0.1, 0.15) is 11.5 Å². The van der Waals surface area contributed by atoms with Gasteiger partial charge in [0.25, 0.3) is 0 Å². The summed E-state index contributed by atoms with van der Waals surface area (Å²) >= 11 is 0. The second-order valence-corrected chi connectivity index (χ2v) is 8.25. The monoisotopic (exact) mass is 444 g/mol. The van der Waals surface area contributed by atoms with Gasteiger partial charge in [-0.3, -0.25) is 4.79 Å². The number of hydrogen-bond acceptors (Lipinski definition) is 3. The third kappa shape index (κ3) is 4.75. The van der Waals surface area contributed by atoms with E-state index in [1.165, 1.54) is 6.07 Å². The fourth-order valence-electron chi connectivity index (χ4n) is 4.09. The topological polar surface area (TPSA) is 49.6 Å². The lowest BCUT2D eigenvalue weighted by molar-refractivity contribution is -0.115. The summed E-state index contributed by atoms with van der Waals surface area (Å²) in [6, 6.07) is 16.7. The summed E-state index contributed by atoms with van der Waals surface area (Å²) in [5, 5.41) is 3.00. The van der Waals surface area contributed by atoms with Crippen LogP contribution in [-0.4, -0.2) is 28.4 Å². The van der Waals surface area contributed by atoms with Gasteiger partial charge in [-0.25, -0.2) is 9.37 Å². The molecule has 5 nitrogen and oxygen atoms in total. The molecule has 2 aromatic heterocycles. The van der Waals surface area contributed by atoms with Gasteiger partial charge < -0.3 is 14.6 Å². The van der Waals surface area contributed by atoms with Crippen molar-refractivity contribution in [3.8, 4) is 11.3 Å². The van der Waals surface area contributed by atoms with Gasteiger partial charge in [0.05, 0.1) is 17.8 Å². The van der Waals surface area contributed by atoms with E-state index in [1.807, 2.05) is 53.9 Å². The number of nitrogens with one attached hydrogen (secondary N) is 1. The fourth-order valence-corrected chi connectivity index (χ4v) is 4.09. The molecule has 0 spiro atoms. The zero-order valence-electron chi connectivity index (χ0n) is 19.5. The van der Waals surface area contributed by atoms with Crippen LogP contribution in [0.2, 0.25) is 0 Å². The first-order valence-corrected chi connectivity index (χ1v) is 11.3. The van der Waals surface area contributed by atoms with Crippen LogP contribution in [0, 0.1) is 19.7 Å². The summed E-state index contributed by atoms with van der Waals surface area (Å²) in [4.78, 5) is 20.0. The molecule has 0 aliphatic rings. The third-order valence-corrected chi connectivity index (χ3v) is 5.90. The van der Waals surface area contributed by atoms with E-state index in [2.05, 4.69) is 24.1 Å². The molecule has 33 heavy (non-hydrogen) atoms. The lowest BCUT2D eigenvalue weighted by Crippen LogP contribution is -2.21. The quantitative estimate of drug-likeness (QED) is 0.393. The number of nitrogens with zero attached hydrogens (tertiary/aromatic N) is 3. The molecule has 4 rings (SSSR count). The van der Waals surface area contributed by atoms with Crippen molar-refractivity contribution in [1.29, 1.82) is 0 Å². The SMILES string of the molecule is CCN(CC)c1ccc(NC(=O)Cc2c(-c3ccc(F)c(C)c3)nc3ccc(C)cn23)cc1. The van der Waals surface area contributed by atoms with Gasteiger partial charge in [0, 0.05) is 36.2 Å². The van der Waals surface area contributed by atoms with Crippen LogP contribution in [0.3, 0.4) is 0 Å². The third-order valence-electron chi connectivity index (χ3n) is 5.90. The lowest BCUT2D eigenvalue weighted by atomic mass is 10.1. The second kappa shape index (κ2) is 9.45. The molecule has 0 bridgehead atoms. The van der Waals surface area contributed by atoms with E-state index in [-0.39, 0.29) is 18.1 Å². The highest BCUT2D eigenvalue weighted by molar-refractivity contribution is 5.93. The van der Waals surface area contributed by atoms with Gasteiger partial charge in [-0.15, -0.1) is 0 Å². The Morgan fingerprint density at radius 3 is 2.42 bits per heavy atom. The van der Waals surface area contributed by atoms with E-state index < -0.39 is 0 Å². The lowest BCUT2D eigenvalue weighted by Gasteiger charge is -2.21. The molecule has 6 heteroatoms. The molecular formula is C27H29FN4O. The van der Waals surface area contributed by atoms with Gasteiger partial charge in [-0.2, -0.15) is 0 Å². The maximum atomic E-state index is 13.9. The van der Waals surface area contributed by atoms with Crippen LogP contribution < -0.4 is 10.2 Å². The predicted molar refractivity (Wildman–Crippen MR) is 132 cm³/mol. The van der Waals surface area contributed by atoms with Crippen LogP contribution >= 0.6 is 0 Å². The molecule has 0 atom stereocenters. The van der Waals surface area contributed by atoms with Crippen LogP contribution in [0.15, 0.2) is 60.8 Å². The summed E-state index contributed by atoms with van der Waals surface area (Å²) in [5.74, 6) is -0.389. The molecule has 0 unspecified atom stereocenters. The highest BCUT2D eigenvalue weighted by Gasteiger charge is 2.18. The van der Waals surface area contributed by atoms with E-state index in [1.54, 1.807) is 19.1 Å². The average molecular weight is 445 g/mol. The number of carbonyl (C=O) groups is 1. The Bertz CT molecular complexity index is 1290. The van der Waals surface area contributed by atoms with Crippen molar-refractivity contribution < 1.29 is 9.18 Å². The summed E-state index contributed by atoms with van der Waals surface area (Å²) in [6.45, 7) is 9.84. The zero-order valence-corrected chi connectivity index (χ0v) is 19.5. The molecule has 0 fully saturated rings. The molecule has 0 saturated carbocycles. The van der Waals surface area contributed by atoms with Gasteiger partial charge in [-0.05, 0) is 87.4 Å². The van der Waals surface area contributed by atoms with Crippen LogP contribution in [0.5, 0.6) is 0 Å². The number of carbonyl (C=O) groups excluding carboxylic acids is 1. The van der Waals surface area contributed by atoms with E-state index in [9.17, 15) is 9.18 Å². The highest BCUT2D eigenvalue weighted by atomic mass is 19.1. The maximum Gasteiger partial charge on any atom is 0.230 e. The Hall–Kier alpha value is -3.67. The Morgan fingerprint density at radius 1 is 1.03 bits per heavy atom. The normalized spacial score (nSPS) is 11.1. The van der Waals surface area contributed by atoms with Crippen LogP contribution in [0.1, 0.15) is 30.7 Å². The number of amides is 1. The Kier molecular flexibility index (Phi) is 6.45. The number of anilines is 2. The average Bonchev–Trinajstić information content (AvgIpc) is 3.15. The molecular weight excluding hydrogens is 415 g/mol. The van der Waals surface area contributed by atoms with E-state index in [0.717, 1.165) is 46.9 Å². The number of benzene rings is 2. The Labute approximate surface area is 193 Å². The summed E-state index contributed by atoms with van der Waals surface area (Å²) in [6.07, 6.45) is 2.12. The molecule has 2 aromatic carbocycles. The Morgan fingerprint density at radius 2 is 1.76 bits per heavy atom. The molecule has 4 aromatic rings. The molecule has 1 amide bonds. The van der Waals surface area contributed by atoms with Gasteiger partial charge in [0.2, 0.25) is 5.91 Å². The van der Waals surface area contributed by atoms with Crippen molar-refractivity contribution in [3.63, 3.8) is 0 Å². The largest absolute Gasteiger partial charge is 0.372 e. The highest BCUT2D eigenvalue weighted by Crippen LogP contribution is 2.27. The first-order chi connectivity index (χ1) is 15.9. The molecule has 1 N–H and O–H groups in total. The van der Waals surface area contributed by atoms with Crippen molar-refractivity contribution >= 4 is 22.9 Å². The number of imidazole rings is 1. The minimum absolute atomic E-state index is 0.131. The first kappa shape index (κ1) is 22.5. The summed E-state index contributed by atoms with van der Waals surface area (Å²) < 4.78 is 15.8. The second-order valence-electron chi connectivity index (χ2n) is 8.25. The molecule has 0 aliphatic heterocycles. The van der Waals surface area contributed by atoms with Crippen LogP contribution in [0.25, 0.3) is 16.9 Å². The number of aromatic nitrogens is 2. The van der Waals surface area contributed by atoms with E-state index in [4.69, 9.17) is 4.98 Å². The van der Waals surface area contributed by atoms with Crippen molar-refractivity contribution in [2.75, 3.05) is 23.3 Å². The number of aryl methyl sites for hydroxylation is 2. The number of fused-ring (bicyclic) bond motifs is 1. The maximum absolute atomic E-state index is 13.9. The number of rotatable bonds is 7. The van der Waals surface area contributed by atoms with Gasteiger partial charge in [-0.1, -0.05) is 6.07 Å². The molecule has 170 valence electrons. The summed E-state index contributed by atoms with van der Waals surface area (Å²) in [5.41, 5.74) is 6.50. The predicted octanol–water partition coefficient (Wildman–Crippen LogP) is 5.78. The van der Waals surface area contributed by atoms with Crippen molar-refractivity contribution in [2.45, 2.75) is 34.1 Å². The zero-order chi connectivity index (χ0) is 23.5. The first-order valence-electron chi connectivity index (χ1n) is 11.3. The van der Waals surface area contributed by atoms with E-state index >= 15 is 0 Å². The van der Waals surface area contributed by atoms with Crippen LogP contribution in [0.4, 0.5) is 15.8 Å².